The summed E-state index contributed by atoms with van der Waals surface area (Å²) in [5.41, 5.74) is 1.61. The zero-order chi connectivity index (χ0) is 19.2. The van der Waals surface area contributed by atoms with Gasteiger partial charge in [-0.2, -0.15) is 0 Å². The lowest BCUT2D eigenvalue weighted by Crippen LogP contribution is -2.30. The van der Waals surface area contributed by atoms with E-state index in [4.69, 9.17) is 0 Å². The molecule has 4 rings (SSSR count). The number of sulfonamides is 1. The Bertz CT molecular complexity index is 1050. The van der Waals surface area contributed by atoms with Gasteiger partial charge in [-0.05, 0) is 49.1 Å². The molecule has 9 heteroatoms. The van der Waals surface area contributed by atoms with Crippen molar-refractivity contribution in [2.45, 2.75) is 30.2 Å². The number of nitrogens with one attached hydrogen (secondary N) is 1. The zero-order valence-electron chi connectivity index (χ0n) is 14.3. The van der Waals surface area contributed by atoms with E-state index in [1.807, 2.05) is 0 Å². The molecular formula is C18H17N3O5S. The summed E-state index contributed by atoms with van der Waals surface area (Å²) in [5.74, 6) is -0.328. The van der Waals surface area contributed by atoms with Crippen LogP contribution in [0.1, 0.15) is 28.8 Å². The smallest absolute Gasteiger partial charge is 0.269 e. The fourth-order valence-electron chi connectivity index (χ4n) is 3.15. The molecule has 0 spiro atoms. The van der Waals surface area contributed by atoms with Gasteiger partial charge in [-0.3, -0.25) is 14.9 Å². The Kier molecular flexibility index (Phi) is 4.20. The summed E-state index contributed by atoms with van der Waals surface area (Å²) < 4.78 is 27.4. The number of carbonyl (C=O) groups excluding carboxylic acids is 1. The normalized spacial score (nSPS) is 16.2. The summed E-state index contributed by atoms with van der Waals surface area (Å²) in [4.78, 5) is 25.0. The number of anilines is 1. The highest BCUT2D eigenvalue weighted by molar-refractivity contribution is 7.89. The van der Waals surface area contributed by atoms with Crippen LogP contribution in [0.2, 0.25) is 0 Å². The van der Waals surface area contributed by atoms with Crippen LogP contribution in [0.4, 0.5) is 11.4 Å². The first-order valence-corrected chi connectivity index (χ1v) is 10.0. The van der Waals surface area contributed by atoms with E-state index in [-0.39, 0.29) is 28.1 Å². The monoisotopic (exact) mass is 387 g/mol. The fourth-order valence-corrected chi connectivity index (χ4v) is 4.50. The summed E-state index contributed by atoms with van der Waals surface area (Å²) in [7, 11) is -3.65. The van der Waals surface area contributed by atoms with Crippen LogP contribution in [0.5, 0.6) is 0 Å². The second-order valence-electron chi connectivity index (χ2n) is 6.70. The number of non-ortho nitro benzene ring substituents is 1. The standard InChI is InChI=1S/C18H17N3O5S/c22-18(20-9-8-12-10-15(21(23)24)6-7-17(12)20)13-2-1-3-16(11-13)27(25,26)19-14-4-5-14/h1-3,6-7,10-11,14,19H,4-5,8-9H2. The van der Waals surface area contributed by atoms with Crippen molar-refractivity contribution < 1.29 is 18.1 Å². The molecule has 27 heavy (non-hydrogen) atoms. The van der Waals surface area contributed by atoms with Gasteiger partial charge < -0.3 is 4.90 Å². The number of nitrogens with zero attached hydrogens (tertiary/aromatic N) is 2. The van der Waals surface area contributed by atoms with Crippen LogP contribution >= 0.6 is 0 Å². The number of hydrogen-bond acceptors (Lipinski definition) is 5. The van der Waals surface area contributed by atoms with Gasteiger partial charge in [0.15, 0.2) is 0 Å². The predicted octanol–water partition coefficient (Wildman–Crippen LogP) is 2.24. The molecule has 1 aliphatic heterocycles. The molecule has 0 unspecified atom stereocenters. The quantitative estimate of drug-likeness (QED) is 0.625. The summed E-state index contributed by atoms with van der Waals surface area (Å²) >= 11 is 0. The highest BCUT2D eigenvalue weighted by Gasteiger charge is 2.30. The lowest BCUT2D eigenvalue weighted by molar-refractivity contribution is -0.384. The van der Waals surface area contributed by atoms with E-state index < -0.39 is 14.9 Å². The summed E-state index contributed by atoms with van der Waals surface area (Å²) in [6.07, 6.45) is 2.17. The maximum Gasteiger partial charge on any atom is 0.269 e. The molecule has 1 fully saturated rings. The van der Waals surface area contributed by atoms with Crippen molar-refractivity contribution in [3.8, 4) is 0 Å². The lowest BCUT2D eigenvalue weighted by atomic mass is 10.1. The molecule has 0 aromatic heterocycles. The van der Waals surface area contributed by atoms with Gasteiger partial charge in [-0.1, -0.05) is 6.07 Å². The van der Waals surface area contributed by atoms with Gasteiger partial charge in [-0.15, -0.1) is 0 Å². The van der Waals surface area contributed by atoms with Gasteiger partial charge in [0.05, 0.1) is 9.82 Å². The van der Waals surface area contributed by atoms with Gasteiger partial charge in [-0.25, -0.2) is 13.1 Å². The van der Waals surface area contributed by atoms with Crippen LogP contribution in [0, 0.1) is 10.1 Å². The third kappa shape index (κ3) is 3.43. The molecule has 1 amide bonds. The molecule has 2 aliphatic rings. The Labute approximate surface area is 156 Å². The minimum absolute atomic E-state index is 0.0118. The average molecular weight is 387 g/mol. The number of nitro benzene ring substituents is 1. The number of rotatable bonds is 5. The predicted molar refractivity (Wildman–Crippen MR) is 98.3 cm³/mol. The zero-order valence-corrected chi connectivity index (χ0v) is 15.1. The van der Waals surface area contributed by atoms with E-state index in [1.165, 1.54) is 29.2 Å². The van der Waals surface area contributed by atoms with E-state index >= 15 is 0 Å². The molecule has 2 aromatic rings. The topological polar surface area (TPSA) is 110 Å². The van der Waals surface area contributed by atoms with Gasteiger partial charge in [0.25, 0.3) is 11.6 Å². The third-order valence-corrected chi connectivity index (χ3v) is 6.22. The number of benzene rings is 2. The first-order valence-electron chi connectivity index (χ1n) is 8.57. The van der Waals surface area contributed by atoms with E-state index in [9.17, 15) is 23.3 Å². The largest absolute Gasteiger partial charge is 0.308 e. The van der Waals surface area contributed by atoms with Crippen LogP contribution in [0.25, 0.3) is 0 Å². The molecule has 0 atom stereocenters. The molecule has 1 N–H and O–H groups in total. The van der Waals surface area contributed by atoms with Gasteiger partial charge in [0.2, 0.25) is 10.0 Å². The number of nitro groups is 1. The number of carbonyl (C=O) groups is 1. The minimum Gasteiger partial charge on any atom is -0.308 e. The third-order valence-electron chi connectivity index (χ3n) is 4.71. The Morgan fingerprint density at radius 2 is 1.96 bits per heavy atom. The molecule has 1 saturated carbocycles. The molecule has 8 nitrogen and oxygen atoms in total. The van der Waals surface area contributed by atoms with Crippen molar-refractivity contribution in [1.82, 2.24) is 4.72 Å². The summed E-state index contributed by atoms with van der Waals surface area (Å²) in [6.45, 7) is 0.395. The average Bonchev–Trinajstić information content (AvgIpc) is 3.35. The van der Waals surface area contributed by atoms with Crippen LogP contribution in [-0.4, -0.2) is 31.8 Å². The van der Waals surface area contributed by atoms with Crippen molar-refractivity contribution >= 4 is 27.3 Å². The molecule has 0 bridgehead atoms. The highest BCUT2D eigenvalue weighted by Crippen LogP contribution is 2.32. The van der Waals surface area contributed by atoms with Crippen molar-refractivity contribution in [3.63, 3.8) is 0 Å². The van der Waals surface area contributed by atoms with Crippen molar-refractivity contribution in [3.05, 3.63) is 63.7 Å². The fraction of sp³-hybridized carbons (Fsp3) is 0.278. The summed E-state index contributed by atoms with van der Waals surface area (Å²) in [5, 5.41) is 10.9. The highest BCUT2D eigenvalue weighted by atomic mass is 32.2. The van der Waals surface area contributed by atoms with Crippen LogP contribution in [0.3, 0.4) is 0 Å². The first-order chi connectivity index (χ1) is 12.8. The van der Waals surface area contributed by atoms with Crippen LogP contribution in [-0.2, 0) is 16.4 Å². The number of amides is 1. The van der Waals surface area contributed by atoms with E-state index in [1.54, 1.807) is 18.2 Å². The summed E-state index contributed by atoms with van der Waals surface area (Å²) in [6, 6.07) is 10.3. The van der Waals surface area contributed by atoms with Gasteiger partial charge >= 0.3 is 0 Å². The molecule has 0 radical (unpaired) electrons. The van der Waals surface area contributed by atoms with Crippen LogP contribution in [0.15, 0.2) is 47.4 Å². The Morgan fingerprint density at radius 1 is 1.19 bits per heavy atom. The Balaban J connectivity index is 1.61. The van der Waals surface area contributed by atoms with E-state index in [0.29, 0.717) is 18.7 Å². The minimum atomic E-state index is -3.65. The molecule has 0 saturated heterocycles. The molecular weight excluding hydrogens is 370 g/mol. The Hall–Kier alpha value is -2.78. The number of hydrogen-bond donors (Lipinski definition) is 1. The molecule has 1 aliphatic carbocycles. The van der Waals surface area contributed by atoms with Gasteiger partial charge in [0, 0.05) is 36.0 Å². The second-order valence-corrected chi connectivity index (χ2v) is 8.41. The van der Waals surface area contributed by atoms with Gasteiger partial charge in [0.1, 0.15) is 0 Å². The lowest BCUT2D eigenvalue weighted by Gasteiger charge is -2.18. The SMILES string of the molecule is O=C(c1cccc(S(=O)(=O)NC2CC2)c1)N1CCc2cc([N+](=O)[O-])ccc21. The van der Waals surface area contributed by atoms with Crippen molar-refractivity contribution in [1.29, 1.82) is 0 Å². The van der Waals surface area contributed by atoms with E-state index in [0.717, 1.165) is 18.4 Å². The Morgan fingerprint density at radius 3 is 2.67 bits per heavy atom. The molecule has 2 aromatic carbocycles. The van der Waals surface area contributed by atoms with E-state index in [2.05, 4.69) is 4.72 Å². The maximum atomic E-state index is 12.9. The second kappa shape index (κ2) is 6.43. The maximum absolute atomic E-state index is 12.9. The van der Waals surface area contributed by atoms with Crippen molar-refractivity contribution in [2.75, 3.05) is 11.4 Å². The van der Waals surface area contributed by atoms with Crippen LogP contribution < -0.4 is 9.62 Å². The van der Waals surface area contributed by atoms with Crippen molar-refractivity contribution in [2.24, 2.45) is 0 Å². The molecule has 140 valence electrons. The molecule has 1 heterocycles. The number of fused-ring (bicyclic) bond motifs is 1. The first kappa shape index (κ1) is 17.6.